The predicted molar refractivity (Wildman–Crippen MR) is 57.8 cm³/mol. The van der Waals surface area contributed by atoms with E-state index in [-0.39, 0.29) is 11.8 Å². The van der Waals surface area contributed by atoms with Crippen molar-refractivity contribution in [3.05, 3.63) is 0 Å². The molecule has 0 spiro atoms. The first-order valence-electron chi connectivity index (χ1n) is 4.41. The first kappa shape index (κ1) is 11.3. The summed E-state index contributed by atoms with van der Waals surface area (Å²) in [5.41, 5.74) is 11.6. The number of hydrogen-bond donors (Lipinski definition) is 3. The van der Waals surface area contributed by atoms with Crippen LogP contribution in [0.1, 0.15) is 0 Å². The summed E-state index contributed by atoms with van der Waals surface area (Å²) in [5, 5.41) is 2.80. The molecule has 5 N–H and O–H groups in total. The zero-order valence-electron chi connectivity index (χ0n) is 8.78. The molecule has 0 radical (unpaired) electrons. The molecule has 0 bridgehead atoms. The normalized spacial score (nSPS) is 10.0. The second-order valence-electron chi connectivity index (χ2n) is 2.74. The van der Waals surface area contributed by atoms with Crippen molar-refractivity contribution in [1.29, 1.82) is 0 Å². The first-order chi connectivity index (χ1) is 7.19. The Bertz CT molecular complexity index is 331. The van der Waals surface area contributed by atoms with E-state index < -0.39 is 0 Å². The number of nitrogens with one attached hydrogen (secondary N) is 1. The number of rotatable bonds is 5. The lowest BCUT2D eigenvalue weighted by Crippen LogP contribution is -2.11. The second kappa shape index (κ2) is 5.20. The van der Waals surface area contributed by atoms with E-state index in [1.807, 2.05) is 0 Å². The summed E-state index contributed by atoms with van der Waals surface area (Å²) in [6, 6.07) is 0. The molecule has 0 aliphatic carbocycles. The van der Waals surface area contributed by atoms with E-state index in [1.165, 1.54) is 0 Å². The molecule has 84 valence electrons. The molecule has 0 atom stereocenters. The van der Waals surface area contributed by atoms with Crippen molar-refractivity contribution in [3.8, 4) is 5.88 Å². The zero-order valence-corrected chi connectivity index (χ0v) is 8.78. The molecule has 0 aromatic carbocycles. The summed E-state index contributed by atoms with van der Waals surface area (Å²) in [6.07, 6.45) is 0. The largest absolute Gasteiger partial charge is 0.474 e. The molecule has 15 heavy (non-hydrogen) atoms. The Morgan fingerprint density at radius 3 is 2.60 bits per heavy atom. The maximum atomic E-state index is 5.74. The Labute approximate surface area is 87.8 Å². The van der Waals surface area contributed by atoms with Gasteiger partial charge in [-0.15, -0.1) is 0 Å². The van der Waals surface area contributed by atoms with Crippen LogP contribution < -0.4 is 21.5 Å². The van der Waals surface area contributed by atoms with Gasteiger partial charge < -0.3 is 26.3 Å². The zero-order chi connectivity index (χ0) is 11.3. The fourth-order valence-corrected chi connectivity index (χ4v) is 0.988. The third kappa shape index (κ3) is 2.84. The Morgan fingerprint density at radius 2 is 2.00 bits per heavy atom. The lowest BCUT2D eigenvalue weighted by molar-refractivity contribution is 0.144. The van der Waals surface area contributed by atoms with Crippen LogP contribution in [0.5, 0.6) is 5.88 Å². The summed E-state index contributed by atoms with van der Waals surface area (Å²) >= 11 is 0. The summed E-state index contributed by atoms with van der Waals surface area (Å²) in [4.78, 5) is 7.78. The van der Waals surface area contributed by atoms with Gasteiger partial charge in [0.2, 0.25) is 11.8 Å². The van der Waals surface area contributed by atoms with Gasteiger partial charge in [-0.3, -0.25) is 0 Å². The smallest absolute Gasteiger partial charge is 0.244 e. The van der Waals surface area contributed by atoms with Gasteiger partial charge in [0.25, 0.3) is 0 Å². The summed E-state index contributed by atoms with van der Waals surface area (Å²) in [5.74, 6) is 0.833. The molecule has 1 aromatic heterocycles. The van der Waals surface area contributed by atoms with Crippen molar-refractivity contribution in [2.75, 3.05) is 44.2 Å². The number of aromatic nitrogens is 2. The van der Waals surface area contributed by atoms with E-state index in [1.54, 1.807) is 14.2 Å². The van der Waals surface area contributed by atoms with Gasteiger partial charge in [0, 0.05) is 14.2 Å². The van der Waals surface area contributed by atoms with Gasteiger partial charge in [-0.25, -0.2) is 0 Å². The molecule has 0 amide bonds. The van der Waals surface area contributed by atoms with Crippen LogP contribution in [0, 0.1) is 0 Å². The third-order valence-corrected chi connectivity index (χ3v) is 1.69. The van der Waals surface area contributed by atoms with Gasteiger partial charge in [-0.1, -0.05) is 0 Å². The highest BCUT2D eigenvalue weighted by Crippen LogP contribution is 2.26. The van der Waals surface area contributed by atoms with E-state index in [0.717, 1.165) is 0 Å². The Balaban J connectivity index is 2.81. The van der Waals surface area contributed by atoms with E-state index >= 15 is 0 Å². The molecule has 7 nitrogen and oxygen atoms in total. The maximum Gasteiger partial charge on any atom is 0.244 e. The molecule has 0 saturated carbocycles. The van der Waals surface area contributed by atoms with Crippen LogP contribution in [0.2, 0.25) is 0 Å². The molecular formula is C8H15N5O2. The van der Waals surface area contributed by atoms with Crippen molar-refractivity contribution in [1.82, 2.24) is 9.97 Å². The Morgan fingerprint density at radius 1 is 1.27 bits per heavy atom. The monoisotopic (exact) mass is 213 g/mol. The molecule has 0 unspecified atom stereocenters. The number of anilines is 3. The van der Waals surface area contributed by atoms with Crippen molar-refractivity contribution < 1.29 is 9.47 Å². The van der Waals surface area contributed by atoms with Crippen LogP contribution in [0.15, 0.2) is 0 Å². The SMILES string of the molecule is CNc1nc(N)nc(OCCOC)c1N. The molecule has 1 heterocycles. The number of methoxy groups -OCH3 is 1. The van der Waals surface area contributed by atoms with Crippen LogP contribution in [-0.4, -0.2) is 37.3 Å². The minimum atomic E-state index is 0.112. The number of hydrogen-bond acceptors (Lipinski definition) is 7. The van der Waals surface area contributed by atoms with Crippen LogP contribution in [0.25, 0.3) is 0 Å². The van der Waals surface area contributed by atoms with Gasteiger partial charge in [-0.2, -0.15) is 9.97 Å². The maximum absolute atomic E-state index is 5.74. The van der Waals surface area contributed by atoms with Gasteiger partial charge >= 0.3 is 0 Å². The molecule has 0 aliphatic heterocycles. The van der Waals surface area contributed by atoms with Crippen molar-refractivity contribution in [3.63, 3.8) is 0 Å². The predicted octanol–water partition coefficient (Wildman–Crippen LogP) is -0.292. The highest BCUT2D eigenvalue weighted by Gasteiger charge is 2.10. The minimum absolute atomic E-state index is 0.112. The van der Waals surface area contributed by atoms with E-state index in [2.05, 4.69) is 15.3 Å². The first-order valence-corrected chi connectivity index (χ1v) is 4.41. The standard InChI is InChI=1S/C8H15N5O2/c1-11-6-5(9)7(13-8(10)12-6)15-4-3-14-2/h3-4,9H2,1-2H3,(H3,10,11,12,13). The molecule has 1 rings (SSSR count). The fraction of sp³-hybridized carbons (Fsp3) is 0.500. The van der Waals surface area contributed by atoms with Crippen LogP contribution in [0.4, 0.5) is 17.5 Å². The van der Waals surface area contributed by atoms with E-state index in [4.69, 9.17) is 20.9 Å². The molecular weight excluding hydrogens is 198 g/mol. The average molecular weight is 213 g/mol. The lowest BCUT2D eigenvalue weighted by atomic mass is 10.4. The van der Waals surface area contributed by atoms with Crippen molar-refractivity contribution in [2.45, 2.75) is 0 Å². The lowest BCUT2D eigenvalue weighted by Gasteiger charge is -2.10. The quantitative estimate of drug-likeness (QED) is 0.576. The van der Waals surface area contributed by atoms with Gasteiger partial charge in [-0.05, 0) is 0 Å². The van der Waals surface area contributed by atoms with Gasteiger partial charge in [0.15, 0.2) is 5.82 Å². The van der Waals surface area contributed by atoms with Crippen molar-refractivity contribution >= 4 is 17.5 Å². The van der Waals surface area contributed by atoms with E-state index in [0.29, 0.717) is 24.7 Å². The minimum Gasteiger partial charge on any atom is -0.474 e. The molecule has 0 aliphatic rings. The Kier molecular flexibility index (Phi) is 3.92. The fourth-order valence-electron chi connectivity index (χ4n) is 0.988. The van der Waals surface area contributed by atoms with Gasteiger partial charge in [0.1, 0.15) is 12.3 Å². The molecule has 7 heteroatoms. The number of nitrogens with two attached hydrogens (primary N) is 2. The summed E-state index contributed by atoms with van der Waals surface area (Å²) < 4.78 is 10.1. The van der Waals surface area contributed by atoms with Crippen molar-refractivity contribution in [2.24, 2.45) is 0 Å². The highest BCUT2D eigenvalue weighted by molar-refractivity contribution is 5.68. The van der Waals surface area contributed by atoms with Crippen LogP contribution in [-0.2, 0) is 4.74 Å². The average Bonchev–Trinajstić information content (AvgIpc) is 2.23. The summed E-state index contributed by atoms with van der Waals surface area (Å²) in [7, 11) is 3.27. The number of nitrogens with zero attached hydrogens (tertiary/aromatic N) is 2. The summed E-state index contributed by atoms with van der Waals surface area (Å²) in [6.45, 7) is 0.818. The van der Waals surface area contributed by atoms with Crippen LogP contribution >= 0.6 is 0 Å². The molecule has 1 aromatic rings. The third-order valence-electron chi connectivity index (χ3n) is 1.69. The molecule has 0 fully saturated rings. The highest BCUT2D eigenvalue weighted by atomic mass is 16.5. The van der Waals surface area contributed by atoms with Gasteiger partial charge in [0.05, 0.1) is 6.61 Å². The molecule has 0 saturated heterocycles. The Hall–Kier alpha value is -1.76. The van der Waals surface area contributed by atoms with Crippen LogP contribution in [0.3, 0.4) is 0 Å². The number of ether oxygens (including phenoxy) is 2. The second-order valence-corrected chi connectivity index (χ2v) is 2.74. The number of nitrogen functional groups attached to an aromatic ring is 2. The topological polar surface area (TPSA) is 108 Å². The van der Waals surface area contributed by atoms with E-state index in [9.17, 15) is 0 Å².